The van der Waals surface area contributed by atoms with Crippen molar-refractivity contribution in [3.63, 3.8) is 0 Å². The van der Waals surface area contributed by atoms with Crippen LogP contribution in [0.25, 0.3) is 0 Å². The Hall–Kier alpha value is -2.11. The monoisotopic (exact) mass is 309 g/mol. The summed E-state index contributed by atoms with van der Waals surface area (Å²) in [7, 11) is 0. The molecule has 0 spiro atoms. The van der Waals surface area contributed by atoms with Gasteiger partial charge in [-0.1, -0.05) is 35.0 Å². The van der Waals surface area contributed by atoms with E-state index in [0.717, 1.165) is 18.2 Å². The summed E-state index contributed by atoms with van der Waals surface area (Å²) in [6.45, 7) is 0. The van der Waals surface area contributed by atoms with Gasteiger partial charge in [-0.2, -0.15) is 0 Å². The largest absolute Gasteiger partial charge is 0.872 e. The zero-order chi connectivity index (χ0) is 14.7. The molecule has 0 aliphatic rings. The fraction of sp³-hybridized carbons (Fsp3) is 0. The van der Waals surface area contributed by atoms with E-state index in [1.54, 1.807) is 12.1 Å². The Morgan fingerprint density at radius 1 is 1.15 bits per heavy atom. The van der Waals surface area contributed by atoms with Crippen molar-refractivity contribution in [1.29, 1.82) is 0 Å². The summed E-state index contributed by atoms with van der Waals surface area (Å²) < 4.78 is 0. The summed E-state index contributed by atoms with van der Waals surface area (Å²) >= 11 is 11.7. The van der Waals surface area contributed by atoms with Crippen molar-refractivity contribution >= 4 is 40.8 Å². The quantitative estimate of drug-likeness (QED) is 0.492. The summed E-state index contributed by atoms with van der Waals surface area (Å²) in [4.78, 5) is 14.1. The molecule has 102 valence electrons. The molecule has 0 aliphatic carbocycles. The van der Waals surface area contributed by atoms with E-state index in [9.17, 15) is 15.2 Å². The zero-order valence-corrected chi connectivity index (χ0v) is 11.4. The van der Waals surface area contributed by atoms with E-state index in [0.29, 0.717) is 15.7 Å². The number of nitro groups is 1. The van der Waals surface area contributed by atoms with Crippen LogP contribution in [0.2, 0.25) is 10.0 Å². The molecule has 0 unspecified atom stereocenters. The Kier molecular flexibility index (Phi) is 4.22. The van der Waals surface area contributed by atoms with Gasteiger partial charge in [-0.05, 0) is 23.8 Å². The first-order valence-corrected chi connectivity index (χ1v) is 6.17. The van der Waals surface area contributed by atoms with Gasteiger partial charge in [0.1, 0.15) is 0 Å². The molecule has 0 N–H and O–H groups in total. The lowest BCUT2D eigenvalue weighted by Gasteiger charge is -2.08. The van der Waals surface area contributed by atoms with Gasteiger partial charge in [0.2, 0.25) is 0 Å². The predicted molar refractivity (Wildman–Crippen MR) is 76.3 cm³/mol. The molecule has 2 rings (SSSR count). The SMILES string of the molecule is O=[N+]([O-])c1ccc([O-])c(C=Nc2cc(Cl)ccc2Cl)c1. The Labute approximate surface area is 124 Å². The molecule has 2 aromatic carbocycles. The van der Waals surface area contributed by atoms with Crippen molar-refractivity contribution in [3.05, 3.63) is 62.1 Å². The molecule has 0 amide bonds. The summed E-state index contributed by atoms with van der Waals surface area (Å²) in [5, 5.41) is 23.1. The third-order valence-electron chi connectivity index (χ3n) is 2.46. The average molecular weight is 310 g/mol. The van der Waals surface area contributed by atoms with Crippen LogP contribution in [0.3, 0.4) is 0 Å². The molecule has 0 radical (unpaired) electrons. The lowest BCUT2D eigenvalue weighted by Crippen LogP contribution is -1.98. The number of hydrogen-bond donors (Lipinski definition) is 0. The molecular formula is C13H7Cl2N2O3-. The first-order valence-electron chi connectivity index (χ1n) is 5.42. The Bertz CT molecular complexity index is 702. The van der Waals surface area contributed by atoms with E-state index in [4.69, 9.17) is 23.2 Å². The molecule has 7 heteroatoms. The molecule has 0 heterocycles. The minimum Gasteiger partial charge on any atom is -0.872 e. The second-order valence-electron chi connectivity index (χ2n) is 3.83. The lowest BCUT2D eigenvalue weighted by molar-refractivity contribution is -0.385. The molecule has 20 heavy (non-hydrogen) atoms. The van der Waals surface area contributed by atoms with Gasteiger partial charge in [-0.3, -0.25) is 15.1 Å². The number of rotatable bonds is 3. The van der Waals surface area contributed by atoms with Crippen LogP contribution in [0.15, 0.2) is 41.4 Å². The Morgan fingerprint density at radius 3 is 2.60 bits per heavy atom. The van der Waals surface area contributed by atoms with E-state index in [2.05, 4.69) is 4.99 Å². The maximum atomic E-state index is 11.6. The van der Waals surface area contributed by atoms with Crippen LogP contribution >= 0.6 is 23.2 Å². The molecule has 0 fully saturated rings. The molecule has 0 aromatic heterocycles. The fourth-order valence-electron chi connectivity index (χ4n) is 1.47. The maximum absolute atomic E-state index is 11.6. The van der Waals surface area contributed by atoms with Crippen LogP contribution < -0.4 is 5.11 Å². The fourth-order valence-corrected chi connectivity index (χ4v) is 1.81. The molecule has 0 saturated carbocycles. The van der Waals surface area contributed by atoms with Crippen molar-refractivity contribution in [2.24, 2.45) is 4.99 Å². The van der Waals surface area contributed by atoms with E-state index in [-0.39, 0.29) is 17.0 Å². The summed E-state index contributed by atoms with van der Waals surface area (Å²) in [6, 6.07) is 8.13. The number of nitro benzene ring substituents is 1. The summed E-state index contributed by atoms with van der Waals surface area (Å²) in [6.07, 6.45) is 1.23. The number of non-ortho nitro benzene ring substituents is 1. The smallest absolute Gasteiger partial charge is 0.270 e. The third-order valence-corrected chi connectivity index (χ3v) is 3.01. The standard InChI is InChI=1S/C13H8Cl2N2O3/c14-9-1-3-11(15)12(6-9)16-7-8-5-10(17(19)20)2-4-13(8)18/h1-7,18H/p-1. The second-order valence-corrected chi connectivity index (χ2v) is 4.68. The van der Waals surface area contributed by atoms with E-state index < -0.39 is 4.92 Å². The van der Waals surface area contributed by atoms with Gasteiger partial charge in [-0.15, -0.1) is 0 Å². The average Bonchev–Trinajstić information content (AvgIpc) is 2.41. The molecule has 0 atom stereocenters. The zero-order valence-electron chi connectivity index (χ0n) is 9.92. The highest BCUT2D eigenvalue weighted by Gasteiger charge is 2.06. The first-order chi connectivity index (χ1) is 9.47. The minimum absolute atomic E-state index is 0.107. The first kappa shape index (κ1) is 14.3. The second kappa shape index (κ2) is 5.90. The van der Waals surface area contributed by atoms with Crippen molar-refractivity contribution in [2.45, 2.75) is 0 Å². The lowest BCUT2D eigenvalue weighted by atomic mass is 10.2. The van der Waals surface area contributed by atoms with Crippen molar-refractivity contribution in [2.75, 3.05) is 0 Å². The van der Waals surface area contributed by atoms with Crippen LogP contribution in [0.1, 0.15) is 5.56 Å². The molecule has 2 aromatic rings. The van der Waals surface area contributed by atoms with Crippen LogP contribution in [0, 0.1) is 10.1 Å². The van der Waals surface area contributed by atoms with E-state index >= 15 is 0 Å². The third kappa shape index (κ3) is 3.26. The van der Waals surface area contributed by atoms with Gasteiger partial charge >= 0.3 is 0 Å². The molecule has 5 nitrogen and oxygen atoms in total. The molecule has 0 saturated heterocycles. The van der Waals surface area contributed by atoms with Crippen molar-refractivity contribution in [1.82, 2.24) is 0 Å². The summed E-state index contributed by atoms with van der Waals surface area (Å²) in [5.41, 5.74) is 0.309. The van der Waals surface area contributed by atoms with Crippen molar-refractivity contribution in [3.8, 4) is 5.75 Å². The molecule has 0 bridgehead atoms. The number of hydrogen-bond acceptors (Lipinski definition) is 4. The minimum atomic E-state index is -0.580. The van der Waals surface area contributed by atoms with Gasteiger partial charge in [0, 0.05) is 23.4 Å². The van der Waals surface area contributed by atoms with Gasteiger partial charge in [0.15, 0.2) is 0 Å². The van der Waals surface area contributed by atoms with Crippen molar-refractivity contribution < 1.29 is 10.0 Å². The van der Waals surface area contributed by atoms with Crippen LogP contribution in [0.4, 0.5) is 11.4 Å². The van der Waals surface area contributed by atoms with Gasteiger partial charge in [0.25, 0.3) is 5.69 Å². The van der Waals surface area contributed by atoms with E-state index in [1.807, 2.05) is 0 Å². The number of nitrogens with zero attached hydrogens (tertiary/aromatic N) is 2. The topological polar surface area (TPSA) is 78.6 Å². The Morgan fingerprint density at radius 2 is 1.90 bits per heavy atom. The van der Waals surface area contributed by atoms with E-state index in [1.165, 1.54) is 12.3 Å². The van der Waals surface area contributed by atoms with Gasteiger partial charge in [-0.25, -0.2) is 0 Å². The number of benzene rings is 2. The van der Waals surface area contributed by atoms with Gasteiger partial charge in [0.05, 0.1) is 15.6 Å². The number of halogens is 2. The summed E-state index contributed by atoms with van der Waals surface area (Å²) in [5.74, 6) is -0.363. The highest BCUT2D eigenvalue weighted by Crippen LogP contribution is 2.28. The number of aliphatic imine (C=N–C) groups is 1. The maximum Gasteiger partial charge on any atom is 0.270 e. The molecule has 0 aliphatic heterocycles. The normalized spacial score (nSPS) is 10.9. The van der Waals surface area contributed by atoms with Crippen LogP contribution in [-0.2, 0) is 0 Å². The Balaban J connectivity index is 2.38. The predicted octanol–water partition coefficient (Wildman–Crippen LogP) is 3.73. The van der Waals surface area contributed by atoms with Crippen LogP contribution in [-0.4, -0.2) is 11.1 Å². The van der Waals surface area contributed by atoms with Gasteiger partial charge < -0.3 is 5.11 Å². The van der Waals surface area contributed by atoms with Crippen LogP contribution in [0.5, 0.6) is 5.75 Å². The highest BCUT2D eigenvalue weighted by atomic mass is 35.5. The highest BCUT2D eigenvalue weighted by molar-refractivity contribution is 6.35. The molecular weight excluding hydrogens is 303 g/mol.